The Morgan fingerprint density at radius 2 is 2.19 bits per heavy atom. The fourth-order valence-corrected chi connectivity index (χ4v) is 2.83. The van der Waals surface area contributed by atoms with Crippen molar-refractivity contribution < 1.29 is 13.5 Å². The molecule has 0 aliphatic rings. The molecule has 0 fully saturated rings. The third-order valence-electron chi connectivity index (χ3n) is 2.14. The first-order valence-corrected chi connectivity index (χ1v) is 6.43. The third-order valence-corrected chi connectivity index (χ3v) is 3.98. The Balaban J connectivity index is 3.02. The normalized spacial score (nSPS) is 12.6. The predicted molar refractivity (Wildman–Crippen MR) is 59.2 cm³/mol. The highest BCUT2D eigenvalue weighted by Gasteiger charge is 2.25. The van der Waals surface area contributed by atoms with Crippen LogP contribution < -0.4 is 0 Å². The number of aliphatic hydroxyl groups excluding tert-OH is 1. The van der Waals surface area contributed by atoms with Crippen molar-refractivity contribution in [3.8, 4) is 0 Å². The Labute approximate surface area is 95.3 Å². The number of aliphatic hydroxyl groups is 1. The van der Waals surface area contributed by atoms with E-state index in [1.807, 2.05) is 13.8 Å². The first-order chi connectivity index (χ1) is 7.39. The van der Waals surface area contributed by atoms with Crippen LogP contribution in [0.2, 0.25) is 0 Å². The minimum Gasteiger partial charge on any atom is -0.392 e. The molecule has 0 aromatic carbocycles. The Morgan fingerprint density at radius 3 is 2.69 bits per heavy atom. The quantitative estimate of drug-likeness (QED) is 0.777. The van der Waals surface area contributed by atoms with Gasteiger partial charge in [0.2, 0.25) is 0 Å². The lowest BCUT2D eigenvalue weighted by Crippen LogP contribution is -2.31. The molecule has 0 radical (unpaired) electrons. The van der Waals surface area contributed by atoms with Crippen LogP contribution in [0.4, 0.5) is 0 Å². The summed E-state index contributed by atoms with van der Waals surface area (Å²) in [5.41, 5.74) is 0.288. The van der Waals surface area contributed by atoms with Gasteiger partial charge in [0.1, 0.15) is 0 Å². The molecule has 0 saturated carbocycles. The summed E-state index contributed by atoms with van der Waals surface area (Å²) < 4.78 is 25.4. The van der Waals surface area contributed by atoms with Crippen LogP contribution >= 0.6 is 0 Å². The highest BCUT2D eigenvalue weighted by molar-refractivity contribution is 7.89. The van der Waals surface area contributed by atoms with Crippen LogP contribution in [0.5, 0.6) is 0 Å². The smallest absolute Gasteiger partial charge is 0.260 e. The molecule has 0 aliphatic heterocycles. The second-order valence-corrected chi connectivity index (χ2v) is 6.04. The molecule has 6 nitrogen and oxygen atoms in total. The summed E-state index contributed by atoms with van der Waals surface area (Å²) in [6.07, 6.45) is 1.32. The highest BCUT2D eigenvalue weighted by atomic mass is 32.2. The summed E-state index contributed by atoms with van der Waals surface area (Å²) in [6, 6.07) is 0. The second-order valence-electron chi connectivity index (χ2n) is 4.06. The van der Waals surface area contributed by atoms with Crippen molar-refractivity contribution in [3.05, 3.63) is 11.8 Å². The van der Waals surface area contributed by atoms with Crippen LogP contribution in [-0.4, -0.2) is 41.6 Å². The molecule has 1 rings (SSSR count). The van der Waals surface area contributed by atoms with Crippen LogP contribution in [0.25, 0.3) is 0 Å². The fourth-order valence-electron chi connectivity index (χ4n) is 1.40. The number of nitrogens with zero attached hydrogens (tertiary/aromatic N) is 2. The molecule has 2 N–H and O–H groups in total. The van der Waals surface area contributed by atoms with Gasteiger partial charge in [-0.2, -0.15) is 9.40 Å². The van der Waals surface area contributed by atoms with Crippen LogP contribution in [0.15, 0.2) is 11.2 Å². The van der Waals surface area contributed by atoms with Crippen molar-refractivity contribution in [1.82, 2.24) is 14.5 Å². The maximum atomic E-state index is 12.1. The number of sulfonamides is 1. The Bertz CT molecular complexity index is 439. The van der Waals surface area contributed by atoms with Crippen molar-refractivity contribution in [3.63, 3.8) is 0 Å². The molecule has 0 aliphatic carbocycles. The van der Waals surface area contributed by atoms with Crippen molar-refractivity contribution >= 4 is 10.0 Å². The summed E-state index contributed by atoms with van der Waals surface area (Å²) in [5.74, 6) is 0.236. The summed E-state index contributed by atoms with van der Waals surface area (Å²) in [6.45, 7) is 3.95. The molecule has 1 aromatic heterocycles. The number of aromatic amines is 1. The average molecular weight is 247 g/mol. The second kappa shape index (κ2) is 4.94. The van der Waals surface area contributed by atoms with Crippen LogP contribution in [0.3, 0.4) is 0 Å². The summed E-state index contributed by atoms with van der Waals surface area (Å²) >= 11 is 0. The molecule has 16 heavy (non-hydrogen) atoms. The lowest BCUT2D eigenvalue weighted by molar-refractivity contribution is 0.278. The van der Waals surface area contributed by atoms with Crippen molar-refractivity contribution in [2.24, 2.45) is 5.92 Å². The first kappa shape index (κ1) is 13.1. The lowest BCUT2D eigenvalue weighted by atomic mass is 10.2. The molecule has 0 spiro atoms. The molecule has 7 heteroatoms. The van der Waals surface area contributed by atoms with Gasteiger partial charge in [0.05, 0.1) is 12.8 Å². The van der Waals surface area contributed by atoms with Gasteiger partial charge in [-0.1, -0.05) is 13.8 Å². The third kappa shape index (κ3) is 2.60. The van der Waals surface area contributed by atoms with Gasteiger partial charge >= 0.3 is 0 Å². The van der Waals surface area contributed by atoms with E-state index in [9.17, 15) is 8.42 Å². The van der Waals surface area contributed by atoms with E-state index in [2.05, 4.69) is 10.2 Å². The fraction of sp³-hybridized carbons (Fsp3) is 0.667. The Hall–Kier alpha value is -0.920. The summed E-state index contributed by atoms with van der Waals surface area (Å²) in [7, 11) is -2.07. The molecule has 92 valence electrons. The van der Waals surface area contributed by atoms with Gasteiger partial charge in [-0.15, -0.1) is 0 Å². The molecular weight excluding hydrogens is 230 g/mol. The number of rotatable bonds is 5. The molecule has 0 bridgehead atoms. The van der Waals surface area contributed by atoms with Crippen molar-refractivity contribution in [2.45, 2.75) is 25.5 Å². The number of hydrogen-bond donors (Lipinski definition) is 2. The molecule has 1 heterocycles. The standard InChI is InChI=1S/C9H17N3O3S/c1-7(2)5-12(3)16(14,15)9-8(6-13)4-10-11-9/h4,7,13H,5-6H2,1-3H3,(H,10,11). The highest BCUT2D eigenvalue weighted by Crippen LogP contribution is 2.17. The molecular formula is C9H17N3O3S. The van der Waals surface area contributed by atoms with E-state index < -0.39 is 10.0 Å². The van der Waals surface area contributed by atoms with Crippen LogP contribution in [0.1, 0.15) is 19.4 Å². The maximum absolute atomic E-state index is 12.1. The van der Waals surface area contributed by atoms with Gasteiger partial charge in [-0.25, -0.2) is 8.42 Å². The zero-order chi connectivity index (χ0) is 12.3. The Morgan fingerprint density at radius 1 is 1.56 bits per heavy atom. The van der Waals surface area contributed by atoms with Gasteiger partial charge in [0, 0.05) is 19.2 Å². The number of hydrogen-bond acceptors (Lipinski definition) is 4. The van der Waals surface area contributed by atoms with E-state index in [1.54, 1.807) is 0 Å². The van der Waals surface area contributed by atoms with Crippen molar-refractivity contribution in [2.75, 3.05) is 13.6 Å². The SMILES string of the molecule is CC(C)CN(C)S(=O)(=O)c1[nH]ncc1CO. The summed E-state index contributed by atoms with van der Waals surface area (Å²) in [5, 5.41) is 15.0. The number of H-pyrrole nitrogens is 1. The van der Waals surface area contributed by atoms with E-state index in [0.29, 0.717) is 6.54 Å². The molecule has 0 saturated heterocycles. The van der Waals surface area contributed by atoms with Gasteiger partial charge < -0.3 is 5.11 Å². The molecule has 0 unspecified atom stereocenters. The number of aromatic nitrogens is 2. The van der Waals surface area contributed by atoms with Gasteiger partial charge in [0.25, 0.3) is 10.0 Å². The van der Waals surface area contributed by atoms with E-state index in [-0.39, 0.29) is 23.1 Å². The maximum Gasteiger partial charge on any atom is 0.260 e. The van der Waals surface area contributed by atoms with Gasteiger partial charge in [0.15, 0.2) is 5.03 Å². The molecule has 0 amide bonds. The average Bonchev–Trinajstić information content (AvgIpc) is 2.64. The molecule has 1 aromatic rings. The van der Waals surface area contributed by atoms with Gasteiger partial charge in [-0.05, 0) is 5.92 Å². The van der Waals surface area contributed by atoms with E-state index >= 15 is 0 Å². The minimum atomic E-state index is -3.58. The number of nitrogens with one attached hydrogen (secondary N) is 1. The Kier molecular flexibility index (Phi) is 4.06. The minimum absolute atomic E-state index is 0.0295. The largest absolute Gasteiger partial charge is 0.392 e. The molecule has 0 atom stereocenters. The van der Waals surface area contributed by atoms with Crippen LogP contribution in [0, 0.1) is 5.92 Å². The topological polar surface area (TPSA) is 86.3 Å². The van der Waals surface area contributed by atoms with Crippen LogP contribution in [-0.2, 0) is 16.6 Å². The zero-order valence-corrected chi connectivity index (χ0v) is 10.5. The van der Waals surface area contributed by atoms with E-state index in [4.69, 9.17) is 5.11 Å². The predicted octanol–water partition coefficient (Wildman–Crippen LogP) is 0.178. The van der Waals surface area contributed by atoms with Crippen molar-refractivity contribution in [1.29, 1.82) is 0 Å². The van der Waals surface area contributed by atoms with E-state index in [1.165, 1.54) is 17.5 Å². The van der Waals surface area contributed by atoms with Gasteiger partial charge in [-0.3, -0.25) is 5.10 Å². The summed E-state index contributed by atoms with van der Waals surface area (Å²) in [4.78, 5) is 0. The zero-order valence-electron chi connectivity index (χ0n) is 9.64. The first-order valence-electron chi connectivity index (χ1n) is 4.99. The van der Waals surface area contributed by atoms with E-state index in [0.717, 1.165) is 0 Å². The lowest BCUT2D eigenvalue weighted by Gasteiger charge is -2.18. The monoisotopic (exact) mass is 247 g/mol.